The van der Waals surface area contributed by atoms with Gasteiger partial charge in [-0.15, -0.1) is 0 Å². The maximum Gasteiger partial charge on any atom is 0.333 e. The fourth-order valence-corrected chi connectivity index (χ4v) is 3.01. The standard InChI is InChI=1S/C16H18F2N4O/c1-11-9-20(2)13-6-4-3-5-12(13)10-21(11)15(23)14-7-8-19-22(14)16(17)18/h3-8,11,16H,9-10H2,1-2H3/t11-/m0/s1. The molecule has 1 amide bonds. The third-order valence-corrected chi connectivity index (χ3v) is 4.15. The van der Waals surface area contributed by atoms with Crippen LogP contribution in [0.1, 0.15) is 29.5 Å². The number of para-hydroxylation sites is 1. The first kappa shape index (κ1) is 15.5. The molecule has 1 atom stereocenters. The first-order chi connectivity index (χ1) is 11.0. The molecule has 0 aliphatic carbocycles. The largest absolute Gasteiger partial charge is 0.372 e. The smallest absolute Gasteiger partial charge is 0.333 e. The third-order valence-electron chi connectivity index (χ3n) is 4.15. The lowest BCUT2D eigenvalue weighted by Gasteiger charge is -2.28. The summed E-state index contributed by atoms with van der Waals surface area (Å²) in [7, 11) is 1.96. The predicted octanol–water partition coefficient (Wildman–Crippen LogP) is 2.76. The quantitative estimate of drug-likeness (QED) is 0.854. The molecule has 0 saturated heterocycles. The Morgan fingerprint density at radius 3 is 2.78 bits per heavy atom. The van der Waals surface area contributed by atoms with Crippen LogP contribution in [-0.4, -0.2) is 40.2 Å². The third kappa shape index (κ3) is 2.78. The van der Waals surface area contributed by atoms with E-state index in [1.54, 1.807) is 4.90 Å². The summed E-state index contributed by atoms with van der Waals surface area (Å²) in [4.78, 5) is 16.5. The molecule has 0 radical (unpaired) electrons. The molecule has 1 aliphatic heterocycles. The van der Waals surface area contributed by atoms with Crippen molar-refractivity contribution in [3.8, 4) is 0 Å². The number of hydrogen-bond donors (Lipinski definition) is 0. The summed E-state index contributed by atoms with van der Waals surface area (Å²) < 4.78 is 26.4. The summed E-state index contributed by atoms with van der Waals surface area (Å²) in [6.07, 6.45) is 1.22. The van der Waals surface area contributed by atoms with Crippen LogP contribution in [0.5, 0.6) is 0 Å². The fraction of sp³-hybridized carbons (Fsp3) is 0.375. The van der Waals surface area contributed by atoms with Crippen molar-refractivity contribution in [1.82, 2.24) is 14.7 Å². The molecule has 3 rings (SSSR count). The van der Waals surface area contributed by atoms with E-state index in [9.17, 15) is 13.6 Å². The summed E-state index contributed by atoms with van der Waals surface area (Å²) in [6.45, 7) is 0.102. The van der Waals surface area contributed by atoms with Gasteiger partial charge in [0.1, 0.15) is 5.69 Å². The number of likely N-dealkylation sites (N-methyl/N-ethyl adjacent to an activating group) is 1. The average molecular weight is 320 g/mol. The minimum atomic E-state index is -2.83. The number of benzene rings is 1. The minimum Gasteiger partial charge on any atom is -0.372 e. The SMILES string of the molecule is C[C@H]1CN(C)c2ccccc2CN1C(=O)c1ccnn1C(F)F. The van der Waals surface area contributed by atoms with Gasteiger partial charge in [0.25, 0.3) is 5.91 Å². The van der Waals surface area contributed by atoms with E-state index in [0.29, 0.717) is 17.8 Å². The van der Waals surface area contributed by atoms with Crippen LogP contribution in [0.3, 0.4) is 0 Å². The molecule has 5 nitrogen and oxygen atoms in total. The molecule has 1 aromatic heterocycles. The number of amides is 1. The van der Waals surface area contributed by atoms with Crippen molar-refractivity contribution in [2.75, 3.05) is 18.5 Å². The molecule has 0 fully saturated rings. The molecule has 2 aromatic rings. The number of aromatic nitrogens is 2. The van der Waals surface area contributed by atoms with Gasteiger partial charge in [0.05, 0.1) is 0 Å². The van der Waals surface area contributed by atoms with Gasteiger partial charge in [-0.05, 0) is 24.6 Å². The van der Waals surface area contributed by atoms with E-state index >= 15 is 0 Å². The summed E-state index contributed by atoms with van der Waals surface area (Å²) in [5.74, 6) is -0.430. The second kappa shape index (κ2) is 5.98. The zero-order chi connectivity index (χ0) is 16.6. The van der Waals surface area contributed by atoms with Gasteiger partial charge in [-0.1, -0.05) is 18.2 Å². The Labute approximate surface area is 133 Å². The van der Waals surface area contributed by atoms with E-state index in [2.05, 4.69) is 10.00 Å². The lowest BCUT2D eigenvalue weighted by atomic mass is 10.1. The van der Waals surface area contributed by atoms with Crippen LogP contribution in [-0.2, 0) is 6.54 Å². The molecule has 1 aromatic carbocycles. The summed E-state index contributed by atoms with van der Waals surface area (Å²) >= 11 is 0. The highest BCUT2D eigenvalue weighted by Gasteiger charge is 2.30. The van der Waals surface area contributed by atoms with Crippen molar-refractivity contribution in [3.63, 3.8) is 0 Å². The Hall–Kier alpha value is -2.44. The van der Waals surface area contributed by atoms with Gasteiger partial charge in [-0.3, -0.25) is 4.79 Å². The van der Waals surface area contributed by atoms with Gasteiger partial charge in [0.15, 0.2) is 0 Å². The zero-order valence-corrected chi connectivity index (χ0v) is 13.0. The lowest BCUT2D eigenvalue weighted by Crippen LogP contribution is -2.42. The van der Waals surface area contributed by atoms with Crippen molar-refractivity contribution in [2.24, 2.45) is 0 Å². The van der Waals surface area contributed by atoms with E-state index in [1.165, 1.54) is 12.3 Å². The van der Waals surface area contributed by atoms with Crippen LogP contribution in [0, 0.1) is 0 Å². The van der Waals surface area contributed by atoms with Gasteiger partial charge in [0, 0.05) is 38.1 Å². The van der Waals surface area contributed by atoms with Gasteiger partial charge >= 0.3 is 6.55 Å². The number of carbonyl (C=O) groups is 1. The second-order valence-corrected chi connectivity index (χ2v) is 5.73. The summed E-state index contributed by atoms with van der Waals surface area (Å²) in [6, 6.07) is 9.04. The minimum absolute atomic E-state index is 0.0890. The zero-order valence-electron chi connectivity index (χ0n) is 13.0. The van der Waals surface area contributed by atoms with E-state index in [-0.39, 0.29) is 11.7 Å². The topological polar surface area (TPSA) is 41.4 Å². The van der Waals surface area contributed by atoms with Crippen LogP contribution in [0.4, 0.5) is 14.5 Å². The Balaban J connectivity index is 1.96. The number of halogens is 2. The fourth-order valence-electron chi connectivity index (χ4n) is 3.01. The average Bonchev–Trinajstić information content (AvgIpc) is 2.97. The molecule has 0 unspecified atom stereocenters. The Morgan fingerprint density at radius 1 is 1.30 bits per heavy atom. The van der Waals surface area contributed by atoms with Crippen molar-refractivity contribution in [3.05, 3.63) is 47.8 Å². The Morgan fingerprint density at radius 2 is 2.04 bits per heavy atom. The molecule has 122 valence electrons. The first-order valence-corrected chi connectivity index (χ1v) is 7.40. The lowest BCUT2D eigenvalue weighted by molar-refractivity contribution is 0.0441. The summed E-state index contributed by atoms with van der Waals surface area (Å²) in [5.41, 5.74) is 1.96. The van der Waals surface area contributed by atoms with Crippen LogP contribution in [0.2, 0.25) is 0 Å². The molecular weight excluding hydrogens is 302 g/mol. The van der Waals surface area contributed by atoms with Crippen molar-refractivity contribution in [2.45, 2.75) is 26.1 Å². The van der Waals surface area contributed by atoms with Crippen molar-refractivity contribution in [1.29, 1.82) is 0 Å². The maximum atomic E-state index is 13.0. The van der Waals surface area contributed by atoms with Crippen molar-refractivity contribution < 1.29 is 13.6 Å². The molecule has 0 N–H and O–H groups in total. The van der Waals surface area contributed by atoms with Gasteiger partial charge < -0.3 is 9.80 Å². The molecule has 7 heteroatoms. The van der Waals surface area contributed by atoms with Gasteiger partial charge in [-0.25, -0.2) is 0 Å². The highest BCUT2D eigenvalue weighted by Crippen LogP contribution is 2.27. The number of hydrogen-bond acceptors (Lipinski definition) is 3. The molecule has 1 aliphatic rings. The maximum absolute atomic E-state index is 13.0. The molecule has 0 bridgehead atoms. The number of fused-ring (bicyclic) bond motifs is 1. The molecule has 0 spiro atoms. The highest BCUT2D eigenvalue weighted by molar-refractivity contribution is 5.93. The van der Waals surface area contributed by atoms with Crippen LogP contribution in [0.25, 0.3) is 0 Å². The van der Waals surface area contributed by atoms with Gasteiger partial charge in [-0.2, -0.15) is 18.6 Å². The van der Waals surface area contributed by atoms with E-state index in [1.807, 2.05) is 38.2 Å². The first-order valence-electron chi connectivity index (χ1n) is 7.40. The van der Waals surface area contributed by atoms with E-state index in [4.69, 9.17) is 0 Å². The predicted molar refractivity (Wildman–Crippen MR) is 82.5 cm³/mol. The second-order valence-electron chi connectivity index (χ2n) is 5.73. The molecular formula is C16H18F2N4O. The number of carbonyl (C=O) groups excluding carboxylic acids is 1. The normalized spacial score (nSPS) is 18.0. The molecule has 23 heavy (non-hydrogen) atoms. The Bertz CT molecular complexity index is 716. The monoisotopic (exact) mass is 320 g/mol. The van der Waals surface area contributed by atoms with Gasteiger partial charge in [0.2, 0.25) is 0 Å². The summed E-state index contributed by atoms with van der Waals surface area (Å²) in [5, 5.41) is 3.55. The number of alkyl halides is 2. The van der Waals surface area contributed by atoms with E-state index < -0.39 is 12.5 Å². The van der Waals surface area contributed by atoms with Crippen molar-refractivity contribution >= 4 is 11.6 Å². The van der Waals surface area contributed by atoms with Crippen LogP contribution in [0.15, 0.2) is 36.5 Å². The molecule has 0 saturated carbocycles. The highest BCUT2D eigenvalue weighted by atomic mass is 19.3. The number of rotatable bonds is 2. The van der Waals surface area contributed by atoms with E-state index in [0.717, 1.165) is 11.3 Å². The molecule has 2 heterocycles. The number of nitrogens with zero attached hydrogens (tertiary/aromatic N) is 4. The number of anilines is 1. The Kier molecular flexibility index (Phi) is 4.02. The van der Waals surface area contributed by atoms with Crippen LogP contribution < -0.4 is 4.90 Å². The van der Waals surface area contributed by atoms with Crippen LogP contribution >= 0.6 is 0 Å².